The quantitative estimate of drug-likeness (QED) is 0.639. The highest BCUT2D eigenvalue weighted by Gasteiger charge is 2.49. The van der Waals surface area contributed by atoms with Crippen LogP contribution in [0.3, 0.4) is 0 Å². The molecule has 1 saturated carbocycles. The minimum Gasteiger partial charge on any atom is -0.321 e. The Labute approximate surface area is 102 Å². The van der Waals surface area contributed by atoms with E-state index in [1.807, 2.05) is 0 Å². The molecule has 2 fully saturated rings. The molecule has 1 heteroatoms. The zero-order chi connectivity index (χ0) is 11.8. The molecule has 0 bridgehead atoms. The first kappa shape index (κ1) is 12.4. The van der Waals surface area contributed by atoms with Crippen LogP contribution in [0.2, 0.25) is 0 Å². The van der Waals surface area contributed by atoms with Crippen molar-refractivity contribution in [2.24, 2.45) is 11.3 Å². The summed E-state index contributed by atoms with van der Waals surface area (Å²) in [6.07, 6.45) is 7.23. The van der Waals surface area contributed by atoms with Crippen molar-refractivity contribution in [3.05, 3.63) is 0 Å². The summed E-state index contributed by atoms with van der Waals surface area (Å²) in [6.45, 7) is 14.2. The predicted molar refractivity (Wildman–Crippen MR) is 70.4 cm³/mol. The highest BCUT2D eigenvalue weighted by atomic mass is 15.4. The molecule has 0 spiro atoms. The van der Waals surface area contributed by atoms with Gasteiger partial charge in [-0.25, -0.2) is 0 Å². The molecule has 2 atom stereocenters. The van der Waals surface area contributed by atoms with Crippen LogP contribution in [0, 0.1) is 11.3 Å². The maximum absolute atomic E-state index is 2.51. The molecule has 0 amide bonds. The summed E-state index contributed by atoms with van der Waals surface area (Å²) in [6, 6.07) is 0.970. The van der Waals surface area contributed by atoms with Gasteiger partial charge in [-0.1, -0.05) is 27.7 Å². The van der Waals surface area contributed by atoms with E-state index in [2.05, 4.69) is 27.7 Å². The van der Waals surface area contributed by atoms with Gasteiger partial charge in [-0.15, -0.1) is 0 Å². The largest absolute Gasteiger partial charge is 0.321 e. The van der Waals surface area contributed by atoms with Gasteiger partial charge in [0.25, 0.3) is 0 Å². The zero-order valence-electron chi connectivity index (χ0n) is 11.8. The van der Waals surface area contributed by atoms with E-state index in [9.17, 15) is 0 Å². The third kappa shape index (κ3) is 2.16. The van der Waals surface area contributed by atoms with Crippen LogP contribution in [0.25, 0.3) is 0 Å². The number of quaternary nitrogens is 1. The highest BCUT2D eigenvalue weighted by Crippen LogP contribution is 2.47. The van der Waals surface area contributed by atoms with Crippen molar-refractivity contribution < 1.29 is 4.48 Å². The third-order valence-electron chi connectivity index (χ3n) is 5.12. The molecule has 0 N–H and O–H groups in total. The minimum absolute atomic E-state index is 0.603. The Morgan fingerprint density at radius 1 is 1.12 bits per heavy atom. The molecule has 2 rings (SSSR count). The van der Waals surface area contributed by atoms with Crippen LogP contribution in [-0.4, -0.2) is 30.2 Å². The molecule has 0 aromatic heterocycles. The maximum Gasteiger partial charge on any atom is 0.0921 e. The molecule has 0 aromatic rings. The summed E-state index contributed by atoms with van der Waals surface area (Å²) in [5.41, 5.74) is 0.603. The fraction of sp³-hybridized carbons (Fsp3) is 1.00. The number of nitrogens with zero attached hydrogens (tertiary/aromatic N) is 1. The summed E-state index contributed by atoms with van der Waals surface area (Å²) in [5.74, 6) is 0.944. The van der Waals surface area contributed by atoms with Gasteiger partial charge >= 0.3 is 0 Å². The van der Waals surface area contributed by atoms with Crippen molar-refractivity contribution in [1.29, 1.82) is 0 Å². The summed E-state index contributed by atoms with van der Waals surface area (Å²) in [4.78, 5) is 0. The lowest BCUT2D eigenvalue weighted by Gasteiger charge is -2.42. The standard InChI is InChI=1S/C15H30N/c1-5-8-16(9-6-7-10-16)14-12-15(3,4)11-13(14)2/h13-14H,5-12H2,1-4H3/q+1. The van der Waals surface area contributed by atoms with E-state index in [4.69, 9.17) is 0 Å². The van der Waals surface area contributed by atoms with E-state index in [0.717, 1.165) is 12.0 Å². The van der Waals surface area contributed by atoms with Crippen LogP contribution >= 0.6 is 0 Å². The van der Waals surface area contributed by atoms with E-state index in [1.54, 1.807) is 0 Å². The van der Waals surface area contributed by atoms with Gasteiger partial charge in [0.1, 0.15) is 0 Å². The van der Waals surface area contributed by atoms with Crippen molar-refractivity contribution >= 4 is 0 Å². The highest BCUT2D eigenvalue weighted by molar-refractivity contribution is 4.89. The second kappa shape index (κ2) is 4.33. The monoisotopic (exact) mass is 224 g/mol. The zero-order valence-corrected chi connectivity index (χ0v) is 11.8. The fourth-order valence-corrected chi connectivity index (χ4v) is 4.72. The van der Waals surface area contributed by atoms with Crippen molar-refractivity contribution in [3.63, 3.8) is 0 Å². The van der Waals surface area contributed by atoms with Gasteiger partial charge in [-0.05, 0) is 18.3 Å². The summed E-state index contributed by atoms with van der Waals surface area (Å²) < 4.78 is 1.47. The molecule has 1 saturated heterocycles. The predicted octanol–water partition coefficient (Wildman–Crippen LogP) is 3.83. The Kier molecular flexibility index (Phi) is 3.36. The smallest absolute Gasteiger partial charge is 0.0921 e. The normalized spacial score (nSPS) is 36.8. The van der Waals surface area contributed by atoms with Crippen LogP contribution < -0.4 is 0 Å². The molecule has 1 nitrogen and oxygen atoms in total. The van der Waals surface area contributed by atoms with Gasteiger partial charge in [0.2, 0.25) is 0 Å². The van der Waals surface area contributed by atoms with Crippen molar-refractivity contribution in [2.75, 3.05) is 19.6 Å². The van der Waals surface area contributed by atoms with Crippen molar-refractivity contribution in [3.8, 4) is 0 Å². The number of likely N-dealkylation sites (tertiary alicyclic amines) is 1. The minimum atomic E-state index is 0.603. The van der Waals surface area contributed by atoms with Crippen LogP contribution in [0.15, 0.2) is 0 Å². The van der Waals surface area contributed by atoms with Gasteiger partial charge in [-0.3, -0.25) is 0 Å². The molecule has 94 valence electrons. The van der Waals surface area contributed by atoms with Crippen LogP contribution in [0.1, 0.15) is 59.8 Å². The van der Waals surface area contributed by atoms with Gasteiger partial charge in [0, 0.05) is 25.2 Å². The lowest BCUT2D eigenvalue weighted by atomic mass is 9.91. The molecule has 1 heterocycles. The fourth-order valence-electron chi connectivity index (χ4n) is 4.72. The first-order valence-corrected chi connectivity index (χ1v) is 7.35. The van der Waals surface area contributed by atoms with E-state index >= 15 is 0 Å². The molecule has 1 aliphatic carbocycles. The molecule has 0 aromatic carbocycles. The maximum atomic E-state index is 2.51. The Bertz CT molecular complexity index is 238. The van der Waals surface area contributed by atoms with E-state index in [1.165, 1.54) is 56.2 Å². The number of hydrogen-bond donors (Lipinski definition) is 0. The second-order valence-electron chi connectivity index (χ2n) is 7.21. The summed E-state index contributed by atoms with van der Waals surface area (Å²) in [7, 11) is 0. The van der Waals surface area contributed by atoms with Crippen molar-refractivity contribution in [1.82, 2.24) is 0 Å². The van der Waals surface area contributed by atoms with Gasteiger partial charge in [0.15, 0.2) is 0 Å². The van der Waals surface area contributed by atoms with E-state index in [0.29, 0.717) is 5.41 Å². The molecule has 0 radical (unpaired) electrons. The number of rotatable bonds is 3. The Balaban J connectivity index is 2.15. The van der Waals surface area contributed by atoms with Crippen LogP contribution in [-0.2, 0) is 0 Å². The van der Waals surface area contributed by atoms with Crippen molar-refractivity contribution in [2.45, 2.75) is 65.8 Å². The van der Waals surface area contributed by atoms with Crippen LogP contribution in [0.5, 0.6) is 0 Å². The Morgan fingerprint density at radius 2 is 1.75 bits per heavy atom. The average Bonchev–Trinajstić information content (AvgIpc) is 2.72. The topological polar surface area (TPSA) is 0 Å². The van der Waals surface area contributed by atoms with Gasteiger partial charge in [-0.2, -0.15) is 0 Å². The van der Waals surface area contributed by atoms with E-state index in [-0.39, 0.29) is 0 Å². The molecule has 2 unspecified atom stereocenters. The summed E-state index contributed by atoms with van der Waals surface area (Å²) >= 11 is 0. The second-order valence-corrected chi connectivity index (χ2v) is 7.21. The molecule has 1 aliphatic heterocycles. The Morgan fingerprint density at radius 3 is 2.19 bits per heavy atom. The first-order valence-electron chi connectivity index (χ1n) is 7.35. The number of hydrogen-bond acceptors (Lipinski definition) is 0. The average molecular weight is 224 g/mol. The van der Waals surface area contributed by atoms with Gasteiger partial charge < -0.3 is 4.48 Å². The first-order chi connectivity index (χ1) is 7.49. The molecular weight excluding hydrogens is 194 g/mol. The molecular formula is C15H30N+. The molecule has 2 aliphatic rings. The molecule has 16 heavy (non-hydrogen) atoms. The SMILES string of the molecule is CCC[N+]1(C2CC(C)(C)CC2C)CCCC1. The van der Waals surface area contributed by atoms with Gasteiger partial charge in [0.05, 0.1) is 25.7 Å². The summed E-state index contributed by atoms with van der Waals surface area (Å²) in [5, 5.41) is 0. The lowest BCUT2D eigenvalue weighted by Crippen LogP contribution is -2.55. The lowest BCUT2D eigenvalue weighted by molar-refractivity contribution is -0.943. The van der Waals surface area contributed by atoms with Crippen LogP contribution in [0.4, 0.5) is 0 Å². The Hall–Kier alpha value is -0.0400. The van der Waals surface area contributed by atoms with E-state index < -0.39 is 0 Å². The third-order valence-corrected chi connectivity index (χ3v) is 5.12.